The largest absolute Gasteiger partial charge is 0.481 e. The number of carbonyl (C=O) groups excluding carboxylic acids is 5. The fourth-order valence-corrected chi connectivity index (χ4v) is 6.76. The van der Waals surface area contributed by atoms with E-state index in [-0.39, 0.29) is 47.7 Å². The standard InChI is InChI=1S/C11H12O2.C9H9NO2.C7H12O3/c12-8-3-4-9(13)11-7-2-1-6(5-7)10(8)11;11-8-6-4-1-2-5(3-4)7(6)9(12)10-8;1-6(8)4-2-3-5-7(9)10/h1-2,6-7,10-11H,3-5H2;1-2,4-7H,3H2,(H,10,11,12);2-5H2,1H3,(H,9,10). The van der Waals surface area contributed by atoms with Gasteiger partial charge in [-0.3, -0.25) is 29.3 Å². The summed E-state index contributed by atoms with van der Waals surface area (Å²) in [5.74, 6) is 1.43. The molecule has 0 aromatic heterocycles. The number of Topliss-reactive ketones (excluding diaryl/α,β-unsaturated/α-hetero) is 3. The van der Waals surface area contributed by atoms with Crippen molar-refractivity contribution in [3.05, 3.63) is 24.3 Å². The number of imide groups is 1. The lowest BCUT2D eigenvalue weighted by Gasteiger charge is -2.29. The monoisotopic (exact) mass is 483 g/mol. The van der Waals surface area contributed by atoms with Crippen LogP contribution in [0.5, 0.6) is 0 Å². The Balaban J connectivity index is 0.000000125. The summed E-state index contributed by atoms with van der Waals surface area (Å²) in [4.78, 5) is 66.1. The van der Waals surface area contributed by atoms with Crippen molar-refractivity contribution < 1.29 is 33.9 Å². The minimum absolute atomic E-state index is 0.0347. The Hall–Kier alpha value is -2.90. The zero-order chi connectivity index (χ0) is 25.3. The van der Waals surface area contributed by atoms with Crippen LogP contribution in [-0.4, -0.2) is 40.2 Å². The Labute approximate surface area is 204 Å². The lowest BCUT2D eigenvalue weighted by molar-refractivity contribution is -0.138. The average Bonchev–Trinajstić information content (AvgIpc) is 3.62. The van der Waals surface area contributed by atoms with E-state index in [1.165, 1.54) is 6.92 Å². The fraction of sp³-hybridized carbons (Fsp3) is 0.630. The molecule has 1 heterocycles. The van der Waals surface area contributed by atoms with Crippen LogP contribution in [-0.2, 0) is 28.8 Å². The van der Waals surface area contributed by atoms with Crippen molar-refractivity contribution in [2.45, 2.75) is 58.3 Å². The van der Waals surface area contributed by atoms with E-state index in [0.29, 0.717) is 67.3 Å². The second-order valence-corrected chi connectivity index (χ2v) is 10.6. The van der Waals surface area contributed by atoms with E-state index in [9.17, 15) is 28.8 Å². The molecule has 0 radical (unpaired) electrons. The first-order chi connectivity index (χ1) is 16.7. The van der Waals surface area contributed by atoms with Crippen molar-refractivity contribution in [3.8, 4) is 0 Å². The van der Waals surface area contributed by atoms with Crippen LogP contribution in [0.15, 0.2) is 24.3 Å². The Kier molecular flexibility index (Phi) is 7.47. The first-order valence-electron chi connectivity index (χ1n) is 12.7. The number of carboxylic acids is 1. The highest BCUT2D eigenvalue weighted by Crippen LogP contribution is 2.51. The molecule has 8 atom stereocenters. The molecule has 1 aliphatic heterocycles. The molecule has 0 aromatic rings. The van der Waals surface area contributed by atoms with Crippen molar-refractivity contribution in [1.29, 1.82) is 0 Å². The first-order valence-corrected chi connectivity index (χ1v) is 12.7. The van der Waals surface area contributed by atoms with Gasteiger partial charge in [0.2, 0.25) is 11.8 Å². The summed E-state index contributed by atoms with van der Waals surface area (Å²) >= 11 is 0. The maximum atomic E-state index is 11.6. The highest BCUT2D eigenvalue weighted by Gasteiger charge is 2.56. The molecule has 2 amide bonds. The van der Waals surface area contributed by atoms with Crippen LogP contribution in [0.2, 0.25) is 0 Å². The molecule has 1 saturated heterocycles. The van der Waals surface area contributed by atoms with Crippen LogP contribution < -0.4 is 5.32 Å². The van der Waals surface area contributed by atoms with Crippen LogP contribution in [0.25, 0.3) is 0 Å². The van der Waals surface area contributed by atoms with E-state index < -0.39 is 5.97 Å². The number of carbonyl (C=O) groups is 6. The zero-order valence-electron chi connectivity index (χ0n) is 20.0. The highest BCUT2D eigenvalue weighted by molar-refractivity contribution is 6.06. The van der Waals surface area contributed by atoms with E-state index in [2.05, 4.69) is 29.6 Å². The number of amides is 2. The molecule has 35 heavy (non-hydrogen) atoms. The van der Waals surface area contributed by atoms with Gasteiger partial charge in [-0.2, -0.15) is 0 Å². The fourth-order valence-electron chi connectivity index (χ4n) is 6.76. The lowest BCUT2D eigenvalue weighted by atomic mass is 9.72. The SMILES string of the molecule is CC(=O)CCCCC(=O)O.O=C1CCC(=O)C2C3C=CC(C3)C12.O=C1NC(=O)C2C3C=CC(C3)C12. The molecule has 4 fully saturated rings. The predicted octanol–water partition coefficient (Wildman–Crippen LogP) is 2.66. The van der Waals surface area contributed by atoms with Crippen LogP contribution in [0.3, 0.4) is 0 Å². The molecule has 3 saturated carbocycles. The van der Waals surface area contributed by atoms with Gasteiger partial charge in [0.15, 0.2) is 0 Å². The number of ketones is 3. The summed E-state index contributed by atoms with van der Waals surface area (Å²) in [6.45, 7) is 1.51. The Morgan fingerprint density at radius 2 is 1.14 bits per heavy atom. The first kappa shape index (κ1) is 25.2. The van der Waals surface area contributed by atoms with Gasteiger partial charge in [-0.15, -0.1) is 0 Å². The van der Waals surface area contributed by atoms with Gasteiger partial charge in [-0.25, -0.2) is 0 Å². The normalized spacial score (nSPS) is 36.7. The Bertz CT molecular complexity index is 921. The van der Waals surface area contributed by atoms with Gasteiger partial charge in [0.1, 0.15) is 17.3 Å². The number of carboxylic acid groups (broad SMARTS) is 1. The highest BCUT2D eigenvalue weighted by atomic mass is 16.4. The number of aliphatic carboxylic acids is 1. The van der Waals surface area contributed by atoms with Crippen LogP contribution >= 0.6 is 0 Å². The van der Waals surface area contributed by atoms with Gasteiger partial charge in [0.05, 0.1) is 11.8 Å². The molecule has 0 aromatic carbocycles. The van der Waals surface area contributed by atoms with E-state index in [1.54, 1.807) is 0 Å². The van der Waals surface area contributed by atoms with Crippen LogP contribution in [0.1, 0.15) is 58.3 Å². The smallest absolute Gasteiger partial charge is 0.303 e. The molecular formula is C27H33NO7. The quantitative estimate of drug-likeness (QED) is 0.349. The van der Waals surface area contributed by atoms with Gasteiger partial charge >= 0.3 is 5.97 Å². The van der Waals surface area contributed by atoms with Crippen LogP contribution in [0, 0.1) is 47.3 Å². The molecule has 8 heteroatoms. The van der Waals surface area contributed by atoms with E-state index in [4.69, 9.17) is 5.11 Å². The minimum atomic E-state index is -0.788. The number of fused-ring (bicyclic) bond motifs is 10. The molecule has 0 spiro atoms. The van der Waals surface area contributed by atoms with Gasteiger partial charge < -0.3 is 9.90 Å². The van der Waals surface area contributed by atoms with Gasteiger partial charge in [0.25, 0.3) is 0 Å². The third kappa shape index (κ3) is 5.21. The van der Waals surface area contributed by atoms with Crippen molar-refractivity contribution in [1.82, 2.24) is 5.32 Å². The number of hydrogen-bond acceptors (Lipinski definition) is 6. The topological polar surface area (TPSA) is 135 Å². The van der Waals surface area contributed by atoms with Crippen molar-refractivity contribution in [3.63, 3.8) is 0 Å². The number of allylic oxidation sites excluding steroid dienone is 4. The van der Waals surface area contributed by atoms with Crippen molar-refractivity contribution in [2.75, 3.05) is 0 Å². The molecule has 6 rings (SSSR count). The van der Waals surface area contributed by atoms with Gasteiger partial charge in [-0.1, -0.05) is 24.3 Å². The second kappa shape index (κ2) is 10.4. The number of rotatable bonds is 5. The third-order valence-corrected chi connectivity index (χ3v) is 8.30. The molecule has 8 unspecified atom stereocenters. The minimum Gasteiger partial charge on any atom is -0.481 e. The summed E-state index contributed by atoms with van der Waals surface area (Å²) in [6, 6.07) is 0. The van der Waals surface area contributed by atoms with E-state index >= 15 is 0 Å². The second-order valence-electron chi connectivity index (χ2n) is 10.6. The molecule has 8 nitrogen and oxygen atoms in total. The van der Waals surface area contributed by atoms with Crippen LogP contribution in [0.4, 0.5) is 0 Å². The lowest BCUT2D eigenvalue weighted by Crippen LogP contribution is -2.37. The molecule has 2 N–H and O–H groups in total. The van der Waals surface area contributed by atoms with Crippen molar-refractivity contribution in [2.24, 2.45) is 47.3 Å². The number of unbranched alkanes of at least 4 members (excludes halogenated alkanes) is 1. The van der Waals surface area contributed by atoms with Crippen molar-refractivity contribution >= 4 is 35.1 Å². The molecule has 188 valence electrons. The summed E-state index contributed by atoms with van der Waals surface area (Å²) in [5.41, 5.74) is 0. The van der Waals surface area contributed by atoms with E-state index in [0.717, 1.165) is 12.8 Å². The predicted molar refractivity (Wildman–Crippen MR) is 125 cm³/mol. The maximum absolute atomic E-state index is 11.6. The van der Waals surface area contributed by atoms with E-state index in [1.807, 2.05) is 0 Å². The molecule has 4 bridgehead atoms. The molecule has 6 aliphatic rings. The summed E-state index contributed by atoms with van der Waals surface area (Å²) in [5, 5.41) is 10.6. The number of hydrogen-bond donors (Lipinski definition) is 2. The summed E-state index contributed by atoms with van der Waals surface area (Å²) in [6.07, 6.45) is 13.5. The third-order valence-electron chi connectivity index (χ3n) is 8.30. The molecule has 5 aliphatic carbocycles. The Morgan fingerprint density at radius 1 is 0.743 bits per heavy atom. The van der Waals surface area contributed by atoms with Gasteiger partial charge in [-0.05, 0) is 56.3 Å². The average molecular weight is 484 g/mol. The number of nitrogens with one attached hydrogen (secondary N) is 1. The van der Waals surface area contributed by atoms with Gasteiger partial charge in [0, 0.05) is 37.5 Å². The zero-order valence-corrected chi connectivity index (χ0v) is 20.0. The Morgan fingerprint density at radius 3 is 1.54 bits per heavy atom. The maximum Gasteiger partial charge on any atom is 0.303 e. The molecular weight excluding hydrogens is 450 g/mol. The summed E-state index contributed by atoms with van der Waals surface area (Å²) < 4.78 is 0. The summed E-state index contributed by atoms with van der Waals surface area (Å²) in [7, 11) is 0.